The fourth-order valence-electron chi connectivity index (χ4n) is 5.63. The monoisotopic (exact) mass is 546 g/mol. The number of cyclic esters (lactones) is 1. The van der Waals surface area contributed by atoms with Crippen LogP contribution in [0, 0.1) is 0 Å². The topological polar surface area (TPSA) is 117 Å². The molecule has 6 rings (SSSR count). The molecule has 9 heteroatoms. The first-order valence-electron chi connectivity index (χ1n) is 14.1. The lowest BCUT2D eigenvalue weighted by molar-refractivity contribution is -0.157. The Morgan fingerprint density at radius 1 is 1.15 bits per heavy atom. The second-order valence-corrected chi connectivity index (χ2v) is 9.89. The van der Waals surface area contributed by atoms with E-state index in [1.54, 1.807) is 28.8 Å². The zero-order valence-corrected chi connectivity index (χ0v) is 23.1. The zero-order valence-electron chi connectivity index (χ0n) is 23.1. The van der Waals surface area contributed by atoms with Crippen LogP contribution in [0.15, 0.2) is 41.2 Å². The van der Waals surface area contributed by atoms with Crippen molar-refractivity contribution in [3.63, 3.8) is 0 Å². The van der Waals surface area contributed by atoms with Crippen molar-refractivity contribution in [2.45, 2.75) is 84.7 Å². The molecule has 2 atom stereocenters. The quantitative estimate of drug-likeness (QED) is 0.203. The molecule has 0 amide bonds. The molecule has 2 unspecified atom stereocenters. The Balaban J connectivity index is 0.00000158. The van der Waals surface area contributed by atoms with Gasteiger partial charge in [-0.25, -0.2) is 14.6 Å². The van der Waals surface area contributed by atoms with Gasteiger partial charge in [0.15, 0.2) is 6.10 Å². The predicted octanol–water partition coefficient (Wildman–Crippen LogP) is 5.51. The highest BCUT2D eigenvalue weighted by Crippen LogP contribution is 2.38. The van der Waals surface area contributed by atoms with Crippen molar-refractivity contribution in [2.24, 2.45) is 0 Å². The van der Waals surface area contributed by atoms with Crippen LogP contribution in [-0.2, 0) is 33.8 Å². The van der Waals surface area contributed by atoms with Gasteiger partial charge in [-0.15, -0.1) is 0 Å². The Hall–Kier alpha value is -3.98. The molecule has 3 aromatic rings. The van der Waals surface area contributed by atoms with Gasteiger partial charge in [-0.1, -0.05) is 33.3 Å². The van der Waals surface area contributed by atoms with Gasteiger partial charge in [-0.05, 0) is 68.0 Å². The molecule has 0 fully saturated rings. The number of fused-ring (bicyclic) bond motifs is 5. The van der Waals surface area contributed by atoms with E-state index in [2.05, 4.69) is 6.08 Å². The number of esters is 1. The summed E-state index contributed by atoms with van der Waals surface area (Å²) >= 11 is 0. The summed E-state index contributed by atoms with van der Waals surface area (Å²) in [5, 5.41) is 11.2. The number of aliphatic hydroxyl groups is 1. The van der Waals surface area contributed by atoms with Crippen molar-refractivity contribution in [1.29, 1.82) is 0 Å². The first-order chi connectivity index (χ1) is 19.4. The predicted molar refractivity (Wildman–Crippen MR) is 149 cm³/mol. The van der Waals surface area contributed by atoms with Crippen LogP contribution >= 0.6 is 0 Å². The van der Waals surface area contributed by atoms with Gasteiger partial charge in [0.2, 0.25) is 0 Å². The van der Waals surface area contributed by atoms with Crippen LogP contribution in [0.1, 0.15) is 81.2 Å². The van der Waals surface area contributed by atoms with Crippen molar-refractivity contribution >= 4 is 23.0 Å². The molecule has 0 radical (unpaired) electrons. The number of benzene rings is 1. The van der Waals surface area contributed by atoms with Gasteiger partial charge in [0, 0.05) is 16.5 Å². The number of aliphatic hydroxyl groups excluding tert-OH is 1. The first-order valence-corrected chi connectivity index (χ1v) is 14.1. The highest BCUT2D eigenvalue weighted by atomic mass is 16.7. The van der Waals surface area contributed by atoms with Crippen LogP contribution < -0.4 is 10.3 Å². The lowest BCUT2D eigenvalue weighted by atomic mass is 9.97. The number of ether oxygens (including phenoxy) is 3. The van der Waals surface area contributed by atoms with Gasteiger partial charge in [0.05, 0.1) is 29.0 Å². The highest BCUT2D eigenvalue weighted by Gasteiger charge is 2.34. The molecule has 0 bridgehead atoms. The molecule has 1 aliphatic carbocycles. The third-order valence-electron chi connectivity index (χ3n) is 7.56. The maximum atomic E-state index is 13.3. The van der Waals surface area contributed by atoms with E-state index < -0.39 is 18.2 Å². The number of carbonyl (C=O) groups excluding carboxylic acids is 2. The van der Waals surface area contributed by atoms with Gasteiger partial charge in [-0.2, -0.15) is 0 Å². The summed E-state index contributed by atoms with van der Waals surface area (Å²) in [7, 11) is 0. The number of aryl methyl sites for hydroxylation is 1. The Bertz CT molecular complexity index is 1560. The van der Waals surface area contributed by atoms with Gasteiger partial charge < -0.3 is 23.9 Å². The van der Waals surface area contributed by atoms with E-state index in [0.717, 1.165) is 48.6 Å². The maximum Gasteiger partial charge on any atom is 0.514 e. The molecule has 3 aliphatic rings. The number of hydrogen-bond donors (Lipinski definition) is 1. The zero-order chi connectivity index (χ0) is 28.4. The summed E-state index contributed by atoms with van der Waals surface area (Å²) in [6.45, 7) is 6.17. The molecular weight excluding hydrogens is 512 g/mol. The molecule has 40 heavy (non-hydrogen) atoms. The second kappa shape index (κ2) is 11.6. The van der Waals surface area contributed by atoms with Crippen molar-refractivity contribution < 1.29 is 28.9 Å². The maximum absolute atomic E-state index is 13.3. The van der Waals surface area contributed by atoms with Crippen molar-refractivity contribution in [3.8, 4) is 17.1 Å². The molecule has 2 aliphatic heterocycles. The van der Waals surface area contributed by atoms with Crippen LogP contribution in [0.4, 0.5) is 4.79 Å². The minimum atomic E-state index is -1.50. The normalized spacial score (nSPS) is 20.1. The second-order valence-electron chi connectivity index (χ2n) is 9.89. The molecule has 9 nitrogen and oxygen atoms in total. The SMILES string of the molecule is CC.CCc1c2c(nc3ccc(OC(=O)OC4/C=C/CCCCC4)cc13)-c1cc3c(c(=O)n1C2)COC(=O)C3O. The van der Waals surface area contributed by atoms with Crippen LogP contribution in [0.2, 0.25) is 0 Å². The fraction of sp³-hybridized carbons (Fsp3) is 0.419. The van der Waals surface area contributed by atoms with Crippen molar-refractivity contribution in [2.75, 3.05) is 0 Å². The Kier molecular flexibility index (Phi) is 8.02. The van der Waals surface area contributed by atoms with Crippen LogP contribution in [0.5, 0.6) is 5.75 Å². The van der Waals surface area contributed by atoms with Crippen LogP contribution in [0.25, 0.3) is 22.3 Å². The van der Waals surface area contributed by atoms with E-state index >= 15 is 0 Å². The third-order valence-corrected chi connectivity index (χ3v) is 7.56. The van der Waals surface area contributed by atoms with Gasteiger partial charge in [0.25, 0.3) is 5.56 Å². The standard InChI is InChI=1S/C29H28N2O7.C2H6/c1-2-18-19-12-17(38-29(35)37-16-8-6-4-3-5-7-9-16)10-11-23(19)30-25-21(18)14-31-24(25)13-20-22(27(31)33)15-36-28(34)26(20)32;1-2/h6,8,10-13,16,26,32H,2-5,7,9,14-15H2,1H3;1-2H3/b8-6+;. The lowest BCUT2D eigenvalue weighted by Crippen LogP contribution is -2.32. The fourth-order valence-corrected chi connectivity index (χ4v) is 5.63. The Morgan fingerprint density at radius 3 is 2.77 bits per heavy atom. The largest absolute Gasteiger partial charge is 0.514 e. The number of carbonyl (C=O) groups is 2. The third kappa shape index (κ3) is 5.01. The summed E-state index contributed by atoms with van der Waals surface area (Å²) in [6, 6.07) is 6.90. The van der Waals surface area contributed by atoms with Gasteiger partial charge in [-0.3, -0.25) is 4.79 Å². The average molecular weight is 547 g/mol. The highest BCUT2D eigenvalue weighted by molar-refractivity contribution is 5.90. The summed E-state index contributed by atoms with van der Waals surface area (Å²) < 4.78 is 17.7. The van der Waals surface area contributed by atoms with E-state index in [1.807, 2.05) is 26.8 Å². The lowest BCUT2D eigenvalue weighted by Gasteiger charge is -2.21. The number of rotatable bonds is 3. The molecule has 2 aromatic heterocycles. The summed E-state index contributed by atoms with van der Waals surface area (Å²) in [5.74, 6) is -0.409. The number of nitrogens with zero attached hydrogens (tertiary/aromatic N) is 2. The van der Waals surface area contributed by atoms with Crippen LogP contribution in [0.3, 0.4) is 0 Å². The summed E-state index contributed by atoms with van der Waals surface area (Å²) in [6.07, 6.45) is 7.16. The molecule has 210 valence electrons. The average Bonchev–Trinajstić information content (AvgIpc) is 3.31. The van der Waals surface area contributed by atoms with E-state index in [4.69, 9.17) is 19.2 Å². The van der Waals surface area contributed by atoms with Crippen molar-refractivity contribution in [3.05, 3.63) is 69.0 Å². The molecule has 0 saturated heterocycles. The minimum Gasteiger partial charge on any atom is -0.458 e. The Morgan fingerprint density at radius 2 is 1.98 bits per heavy atom. The first kappa shape index (κ1) is 27.6. The van der Waals surface area contributed by atoms with Crippen molar-refractivity contribution in [1.82, 2.24) is 9.55 Å². The van der Waals surface area contributed by atoms with Gasteiger partial charge >= 0.3 is 12.1 Å². The molecule has 0 spiro atoms. The number of aromatic nitrogens is 2. The number of allylic oxidation sites excluding steroid dienone is 1. The van der Waals surface area contributed by atoms with E-state index in [1.165, 1.54) is 0 Å². The number of hydrogen-bond acceptors (Lipinski definition) is 8. The Labute approximate surface area is 232 Å². The molecule has 1 aromatic carbocycles. The minimum absolute atomic E-state index is 0.163. The van der Waals surface area contributed by atoms with Crippen LogP contribution in [-0.4, -0.2) is 32.9 Å². The van der Waals surface area contributed by atoms with E-state index in [-0.39, 0.29) is 29.4 Å². The smallest absolute Gasteiger partial charge is 0.458 e. The number of pyridine rings is 2. The van der Waals surface area contributed by atoms with Gasteiger partial charge in [0.1, 0.15) is 18.5 Å². The molecule has 0 saturated carbocycles. The van der Waals surface area contributed by atoms with E-state index in [9.17, 15) is 19.5 Å². The summed E-state index contributed by atoms with van der Waals surface area (Å²) in [5.41, 5.74) is 4.01. The summed E-state index contributed by atoms with van der Waals surface area (Å²) in [4.78, 5) is 42.5. The molecule has 1 N–H and O–H groups in total. The molecule has 4 heterocycles. The molecular formula is C31H34N2O7. The van der Waals surface area contributed by atoms with E-state index in [0.29, 0.717) is 35.6 Å².